The zero-order chi connectivity index (χ0) is 12.1. The zero-order valence-electron chi connectivity index (χ0n) is 9.53. The third-order valence-electron chi connectivity index (χ3n) is 2.35. The second-order valence-electron chi connectivity index (χ2n) is 4.07. The van der Waals surface area contributed by atoms with E-state index in [1.807, 2.05) is 38.1 Å². The first-order chi connectivity index (χ1) is 7.50. The molecule has 16 heavy (non-hydrogen) atoms. The van der Waals surface area contributed by atoms with E-state index in [-0.39, 0.29) is 11.8 Å². The van der Waals surface area contributed by atoms with Crippen LogP contribution in [-0.4, -0.2) is 18.5 Å². The van der Waals surface area contributed by atoms with Crippen molar-refractivity contribution in [3.8, 4) is 0 Å². The number of carbonyl (C=O) groups is 1. The van der Waals surface area contributed by atoms with Gasteiger partial charge in [0.15, 0.2) is 0 Å². The first-order valence-corrected chi connectivity index (χ1v) is 6.08. The summed E-state index contributed by atoms with van der Waals surface area (Å²) in [5.74, 6) is -0.564. The lowest BCUT2D eigenvalue weighted by molar-refractivity contribution is -0.119. The van der Waals surface area contributed by atoms with Crippen molar-refractivity contribution in [2.75, 3.05) is 6.54 Å². The molecule has 3 nitrogen and oxygen atoms in total. The fraction of sp³-hybridized carbons (Fsp3) is 0.417. The molecule has 0 saturated heterocycles. The Kier molecular flexibility index (Phi) is 4.96. The molecule has 4 heteroatoms. The lowest BCUT2D eigenvalue weighted by atomic mass is 9.98. The standard InChI is InChI=1S/C12H17BrN2O/c1-8(2)15-7-11(12(14)16)9-3-5-10(13)6-4-9/h3-6,8,11,15H,7H2,1-2H3,(H2,14,16). The molecule has 0 fully saturated rings. The Morgan fingerprint density at radius 2 is 1.94 bits per heavy atom. The summed E-state index contributed by atoms with van der Waals surface area (Å²) in [6, 6.07) is 8.02. The molecule has 0 aliphatic heterocycles. The van der Waals surface area contributed by atoms with Gasteiger partial charge in [0.2, 0.25) is 5.91 Å². The molecule has 0 heterocycles. The molecule has 0 aliphatic carbocycles. The maximum absolute atomic E-state index is 11.4. The van der Waals surface area contributed by atoms with Gasteiger partial charge in [-0.3, -0.25) is 4.79 Å². The van der Waals surface area contributed by atoms with Gasteiger partial charge >= 0.3 is 0 Å². The van der Waals surface area contributed by atoms with Crippen LogP contribution in [0.2, 0.25) is 0 Å². The predicted octanol–water partition coefficient (Wildman–Crippen LogP) is 2.02. The highest BCUT2D eigenvalue weighted by Crippen LogP contribution is 2.18. The maximum Gasteiger partial charge on any atom is 0.226 e. The number of hydrogen-bond acceptors (Lipinski definition) is 2. The summed E-state index contributed by atoms with van der Waals surface area (Å²) in [5.41, 5.74) is 6.35. The van der Waals surface area contributed by atoms with Crippen molar-refractivity contribution >= 4 is 21.8 Å². The van der Waals surface area contributed by atoms with Crippen LogP contribution in [0.4, 0.5) is 0 Å². The van der Waals surface area contributed by atoms with Gasteiger partial charge in [0.05, 0.1) is 5.92 Å². The van der Waals surface area contributed by atoms with Gasteiger partial charge in [-0.2, -0.15) is 0 Å². The number of halogens is 1. The Balaban J connectivity index is 2.77. The first kappa shape index (κ1) is 13.2. The quantitative estimate of drug-likeness (QED) is 0.869. The maximum atomic E-state index is 11.4. The van der Waals surface area contributed by atoms with Crippen LogP contribution >= 0.6 is 15.9 Å². The van der Waals surface area contributed by atoms with E-state index < -0.39 is 0 Å². The minimum atomic E-state index is -0.296. The lowest BCUT2D eigenvalue weighted by Crippen LogP contribution is -2.34. The molecule has 1 atom stereocenters. The van der Waals surface area contributed by atoms with Crippen LogP contribution in [0, 0.1) is 0 Å². The van der Waals surface area contributed by atoms with E-state index in [1.54, 1.807) is 0 Å². The van der Waals surface area contributed by atoms with Crippen molar-refractivity contribution in [3.05, 3.63) is 34.3 Å². The largest absolute Gasteiger partial charge is 0.369 e. The van der Waals surface area contributed by atoms with Crippen LogP contribution in [0.3, 0.4) is 0 Å². The average Bonchev–Trinajstić information content (AvgIpc) is 2.20. The number of hydrogen-bond donors (Lipinski definition) is 2. The van der Waals surface area contributed by atoms with Crippen LogP contribution in [0.1, 0.15) is 25.3 Å². The number of amides is 1. The summed E-state index contributed by atoms with van der Waals surface area (Å²) in [6.07, 6.45) is 0. The topological polar surface area (TPSA) is 55.1 Å². The van der Waals surface area contributed by atoms with Crippen molar-refractivity contribution in [2.45, 2.75) is 25.8 Å². The number of primary amides is 1. The number of carbonyl (C=O) groups excluding carboxylic acids is 1. The summed E-state index contributed by atoms with van der Waals surface area (Å²) < 4.78 is 0.997. The van der Waals surface area contributed by atoms with Crippen LogP contribution in [0.5, 0.6) is 0 Å². The van der Waals surface area contributed by atoms with E-state index in [2.05, 4.69) is 21.2 Å². The van der Waals surface area contributed by atoms with Crippen LogP contribution < -0.4 is 11.1 Å². The molecule has 1 unspecified atom stereocenters. The van der Waals surface area contributed by atoms with E-state index in [4.69, 9.17) is 5.73 Å². The summed E-state index contributed by atoms with van der Waals surface area (Å²) in [5, 5.41) is 3.23. The number of nitrogens with one attached hydrogen (secondary N) is 1. The van der Waals surface area contributed by atoms with Gasteiger partial charge in [-0.25, -0.2) is 0 Å². The van der Waals surface area contributed by atoms with Gasteiger partial charge in [-0.05, 0) is 17.7 Å². The number of benzene rings is 1. The molecule has 0 saturated carbocycles. The summed E-state index contributed by atoms with van der Waals surface area (Å²) in [7, 11) is 0. The van der Waals surface area contributed by atoms with Gasteiger partial charge in [-0.15, -0.1) is 0 Å². The van der Waals surface area contributed by atoms with E-state index in [0.717, 1.165) is 10.0 Å². The molecule has 1 rings (SSSR count). The van der Waals surface area contributed by atoms with E-state index in [0.29, 0.717) is 12.6 Å². The Bertz CT molecular complexity index is 349. The molecular weight excluding hydrogens is 268 g/mol. The highest BCUT2D eigenvalue weighted by atomic mass is 79.9. The van der Waals surface area contributed by atoms with Gasteiger partial charge in [0.1, 0.15) is 0 Å². The van der Waals surface area contributed by atoms with Crippen molar-refractivity contribution in [2.24, 2.45) is 5.73 Å². The van der Waals surface area contributed by atoms with Crippen molar-refractivity contribution in [3.63, 3.8) is 0 Å². The molecule has 0 radical (unpaired) electrons. The molecule has 0 bridgehead atoms. The van der Waals surface area contributed by atoms with Gasteiger partial charge in [0.25, 0.3) is 0 Å². The minimum absolute atomic E-state index is 0.268. The highest BCUT2D eigenvalue weighted by molar-refractivity contribution is 9.10. The molecule has 88 valence electrons. The Labute approximate surface area is 105 Å². The first-order valence-electron chi connectivity index (χ1n) is 5.29. The van der Waals surface area contributed by atoms with Crippen molar-refractivity contribution < 1.29 is 4.79 Å². The average molecular weight is 285 g/mol. The molecule has 1 aromatic rings. The highest BCUT2D eigenvalue weighted by Gasteiger charge is 2.17. The summed E-state index contributed by atoms with van der Waals surface area (Å²) >= 11 is 3.36. The summed E-state index contributed by atoms with van der Waals surface area (Å²) in [4.78, 5) is 11.4. The number of rotatable bonds is 5. The van der Waals surface area contributed by atoms with Crippen molar-refractivity contribution in [1.29, 1.82) is 0 Å². The van der Waals surface area contributed by atoms with Crippen LogP contribution in [-0.2, 0) is 4.79 Å². The molecule has 0 spiro atoms. The van der Waals surface area contributed by atoms with E-state index in [1.165, 1.54) is 0 Å². The van der Waals surface area contributed by atoms with Gasteiger partial charge in [0, 0.05) is 17.1 Å². The fourth-order valence-corrected chi connectivity index (χ4v) is 1.70. The normalized spacial score (nSPS) is 12.8. The molecular formula is C12H17BrN2O. The smallest absolute Gasteiger partial charge is 0.226 e. The molecule has 1 amide bonds. The van der Waals surface area contributed by atoms with Crippen LogP contribution in [0.25, 0.3) is 0 Å². The fourth-order valence-electron chi connectivity index (χ4n) is 1.43. The lowest BCUT2D eigenvalue weighted by Gasteiger charge is -2.16. The number of nitrogens with two attached hydrogens (primary N) is 1. The molecule has 0 aromatic heterocycles. The van der Waals surface area contributed by atoms with Gasteiger partial charge < -0.3 is 11.1 Å². The Morgan fingerprint density at radius 3 is 2.38 bits per heavy atom. The SMILES string of the molecule is CC(C)NCC(C(N)=O)c1ccc(Br)cc1. The molecule has 1 aromatic carbocycles. The molecule has 3 N–H and O–H groups in total. The second kappa shape index (κ2) is 6.01. The van der Waals surface area contributed by atoms with Gasteiger partial charge in [-0.1, -0.05) is 41.9 Å². The monoisotopic (exact) mass is 284 g/mol. The van der Waals surface area contributed by atoms with E-state index >= 15 is 0 Å². The summed E-state index contributed by atoms with van der Waals surface area (Å²) in [6.45, 7) is 4.66. The second-order valence-corrected chi connectivity index (χ2v) is 4.99. The Hall–Kier alpha value is -0.870. The third-order valence-corrected chi connectivity index (χ3v) is 2.87. The van der Waals surface area contributed by atoms with Crippen LogP contribution in [0.15, 0.2) is 28.7 Å². The Morgan fingerprint density at radius 1 is 1.38 bits per heavy atom. The van der Waals surface area contributed by atoms with E-state index in [9.17, 15) is 4.79 Å². The van der Waals surface area contributed by atoms with Crippen molar-refractivity contribution in [1.82, 2.24) is 5.32 Å². The third kappa shape index (κ3) is 3.94. The minimum Gasteiger partial charge on any atom is -0.369 e. The zero-order valence-corrected chi connectivity index (χ0v) is 11.1. The predicted molar refractivity (Wildman–Crippen MR) is 69.2 cm³/mol. The molecule has 0 aliphatic rings.